The van der Waals surface area contributed by atoms with E-state index >= 15 is 0 Å². The van der Waals surface area contributed by atoms with Crippen LogP contribution in [0.15, 0.2) is 12.3 Å². The summed E-state index contributed by atoms with van der Waals surface area (Å²) in [5.41, 5.74) is 6.37. The molecule has 1 aromatic heterocycles. The van der Waals surface area contributed by atoms with Crippen LogP contribution in [0.3, 0.4) is 0 Å². The standard InChI is InChI=1S/C14H22N4/c1-13(2)9-4-6-14(3,8-9)11(13)17-10-5-7-16-12(15)18-10/h5,7,9,11H,4,6,8H2,1-3H3,(H3,15,16,17,18). The molecule has 18 heavy (non-hydrogen) atoms. The van der Waals surface area contributed by atoms with Crippen LogP contribution in [0.25, 0.3) is 0 Å². The highest BCUT2D eigenvalue weighted by Gasteiger charge is 2.59. The van der Waals surface area contributed by atoms with Crippen LogP contribution in [0, 0.1) is 16.7 Å². The van der Waals surface area contributed by atoms with Gasteiger partial charge in [0, 0.05) is 12.2 Å². The fraction of sp³-hybridized carbons (Fsp3) is 0.714. The molecule has 1 aromatic rings. The minimum atomic E-state index is 0.326. The van der Waals surface area contributed by atoms with Crippen molar-refractivity contribution >= 4 is 11.8 Å². The molecule has 3 rings (SSSR count). The van der Waals surface area contributed by atoms with Gasteiger partial charge in [-0.3, -0.25) is 0 Å². The van der Waals surface area contributed by atoms with Gasteiger partial charge >= 0.3 is 0 Å². The lowest BCUT2D eigenvalue weighted by Gasteiger charge is -2.43. The van der Waals surface area contributed by atoms with Crippen LogP contribution in [-0.2, 0) is 0 Å². The summed E-state index contributed by atoms with van der Waals surface area (Å²) in [5.74, 6) is 2.03. The third kappa shape index (κ3) is 1.58. The van der Waals surface area contributed by atoms with Gasteiger partial charge in [-0.25, -0.2) is 4.98 Å². The molecule has 3 N–H and O–H groups in total. The number of hydrogen-bond acceptors (Lipinski definition) is 4. The van der Waals surface area contributed by atoms with Crippen LogP contribution in [0.2, 0.25) is 0 Å². The molecule has 2 aliphatic rings. The Bertz CT molecular complexity index is 466. The number of nitrogen functional groups attached to an aromatic ring is 1. The molecule has 0 saturated heterocycles. The van der Waals surface area contributed by atoms with Crippen LogP contribution >= 0.6 is 0 Å². The summed E-state index contributed by atoms with van der Waals surface area (Å²) >= 11 is 0. The molecule has 0 radical (unpaired) electrons. The minimum absolute atomic E-state index is 0.326. The van der Waals surface area contributed by atoms with E-state index in [9.17, 15) is 0 Å². The van der Waals surface area contributed by atoms with Crippen molar-refractivity contribution in [3.05, 3.63) is 12.3 Å². The Labute approximate surface area is 108 Å². The summed E-state index contributed by atoms with van der Waals surface area (Å²) < 4.78 is 0. The number of anilines is 2. The predicted octanol–water partition coefficient (Wildman–Crippen LogP) is 2.69. The van der Waals surface area contributed by atoms with Gasteiger partial charge in [0.25, 0.3) is 0 Å². The Morgan fingerprint density at radius 1 is 1.39 bits per heavy atom. The first-order chi connectivity index (χ1) is 8.42. The molecule has 4 nitrogen and oxygen atoms in total. The van der Waals surface area contributed by atoms with Crippen LogP contribution in [-0.4, -0.2) is 16.0 Å². The maximum Gasteiger partial charge on any atom is 0.221 e. The summed E-state index contributed by atoms with van der Waals surface area (Å²) in [6.07, 6.45) is 5.73. The van der Waals surface area contributed by atoms with E-state index in [1.165, 1.54) is 19.3 Å². The molecule has 2 bridgehead atoms. The van der Waals surface area contributed by atoms with E-state index in [0.717, 1.165) is 11.7 Å². The largest absolute Gasteiger partial charge is 0.368 e. The second-order valence-corrected chi connectivity index (χ2v) is 6.79. The highest BCUT2D eigenvalue weighted by Crippen LogP contribution is 2.62. The molecule has 0 spiro atoms. The number of nitrogens with two attached hydrogens (primary N) is 1. The highest BCUT2D eigenvalue weighted by atomic mass is 15.1. The molecule has 4 heteroatoms. The summed E-state index contributed by atoms with van der Waals surface area (Å²) in [4.78, 5) is 8.22. The van der Waals surface area contributed by atoms with Gasteiger partial charge in [-0.15, -0.1) is 0 Å². The van der Waals surface area contributed by atoms with Crippen molar-refractivity contribution < 1.29 is 0 Å². The van der Waals surface area contributed by atoms with E-state index in [2.05, 4.69) is 36.1 Å². The molecule has 3 atom stereocenters. The van der Waals surface area contributed by atoms with Crippen molar-refractivity contribution in [1.82, 2.24) is 9.97 Å². The number of fused-ring (bicyclic) bond motifs is 2. The number of nitrogens with one attached hydrogen (secondary N) is 1. The molecule has 0 amide bonds. The maximum absolute atomic E-state index is 5.65. The molecule has 98 valence electrons. The van der Waals surface area contributed by atoms with E-state index in [0.29, 0.717) is 22.8 Å². The van der Waals surface area contributed by atoms with Crippen LogP contribution in [0.4, 0.5) is 11.8 Å². The molecule has 2 saturated carbocycles. The normalized spacial score (nSPS) is 36.8. The molecule has 2 fully saturated rings. The van der Waals surface area contributed by atoms with Gasteiger partial charge in [0.15, 0.2) is 0 Å². The van der Waals surface area contributed by atoms with Crippen molar-refractivity contribution in [1.29, 1.82) is 0 Å². The van der Waals surface area contributed by atoms with E-state index in [1.54, 1.807) is 6.20 Å². The number of nitrogens with zero attached hydrogens (tertiary/aromatic N) is 2. The van der Waals surface area contributed by atoms with Gasteiger partial charge in [0.2, 0.25) is 5.95 Å². The zero-order chi connectivity index (χ0) is 13.0. The van der Waals surface area contributed by atoms with Crippen molar-refractivity contribution in [3.8, 4) is 0 Å². The molecule has 1 heterocycles. The summed E-state index contributed by atoms with van der Waals surface area (Å²) in [5, 5.41) is 3.61. The highest BCUT2D eigenvalue weighted by molar-refractivity contribution is 5.40. The average molecular weight is 246 g/mol. The topological polar surface area (TPSA) is 63.8 Å². The van der Waals surface area contributed by atoms with Crippen molar-refractivity contribution in [2.45, 2.75) is 46.1 Å². The summed E-state index contributed by atoms with van der Waals surface area (Å²) in [6.45, 7) is 7.17. The third-order valence-corrected chi connectivity index (χ3v) is 5.24. The van der Waals surface area contributed by atoms with E-state index in [1.807, 2.05) is 6.07 Å². The van der Waals surface area contributed by atoms with Gasteiger partial charge in [0.05, 0.1) is 0 Å². The van der Waals surface area contributed by atoms with Gasteiger partial charge in [0.1, 0.15) is 5.82 Å². The van der Waals surface area contributed by atoms with E-state index in [4.69, 9.17) is 5.73 Å². The van der Waals surface area contributed by atoms with Gasteiger partial charge in [-0.05, 0) is 42.1 Å². The summed E-state index contributed by atoms with van der Waals surface area (Å²) in [6, 6.07) is 2.37. The second-order valence-electron chi connectivity index (χ2n) is 6.79. The van der Waals surface area contributed by atoms with E-state index in [-0.39, 0.29) is 0 Å². The van der Waals surface area contributed by atoms with Crippen molar-refractivity contribution in [2.24, 2.45) is 16.7 Å². The molecule has 3 unspecified atom stereocenters. The number of hydrogen-bond donors (Lipinski definition) is 2. The monoisotopic (exact) mass is 246 g/mol. The summed E-state index contributed by atoms with van der Waals surface area (Å²) in [7, 11) is 0. The minimum Gasteiger partial charge on any atom is -0.368 e. The third-order valence-electron chi connectivity index (χ3n) is 5.24. The molecule has 2 aliphatic carbocycles. The fourth-order valence-corrected chi connectivity index (χ4v) is 4.26. The Morgan fingerprint density at radius 3 is 2.78 bits per heavy atom. The quantitative estimate of drug-likeness (QED) is 0.842. The SMILES string of the molecule is CC12CCC(C1)C(C)(C)C2Nc1ccnc(N)n1. The first kappa shape index (κ1) is 11.8. The van der Waals surface area contributed by atoms with Crippen molar-refractivity contribution in [3.63, 3.8) is 0 Å². The average Bonchev–Trinajstić information content (AvgIpc) is 2.76. The first-order valence-corrected chi connectivity index (χ1v) is 6.77. The molecule has 0 aromatic carbocycles. The van der Waals surface area contributed by atoms with Crippen LogP contribution in [0.5, 0.6) is 0 Å². The fourth-order valence-electron chi connectivity index (χ4n) is 4.26. The van der Waals surface area contributed by atoms with E-state index < -0.39 is 0 Å². The number of rotatable bonds is 2. The Kier molecular flexibility index (Phi) is 2.34. The lowest BCUT2D eigenvalue weighted by molar-refractivity contribution is 0.155. The number of aromatic nitrogens is 2. The Morgan fingerprint density at radius 2 is 2.17 bits per heavy atom. The molecular formula is C14H22N4. The van der Waals surface area contributed by atoms with Crippen LogP contribution in [0.1, 0.15) is 40.0 Å². The second kappa shape index (κ2) is 3.59. The Hall–Kier alpha value is -1.32. The van der Waals surface area contributed by atoms with Gasteiger partial charge < -0.3 is 11.1 Å². The molecule has 0 aliphatic heterocycles. The van der Waals surface area contributed by atoms with Crippen LogP contribution < -0.4 is 11.1 Å². The van der Waals surface area contributed by atoms with Crippen molar-refractivity contribution in [2.75, 3.05) is 11.1 Å². The first-order valence-electron chi connectivity index (χ1n) is 6.77. The Balaban J connectivity index is 1.88. The zero-order valence-corrected chi connectivity index (χ0v) is 11.4. The zero-order valence-electron chi connectivity index (χ0n) is 11.4. The lowest BCUT2D eigenvalue weighted by atomic mass is 9.68. The van der Waals surface area contributed by atoms with Gasteiger partial charge in [-0.2, -0.15) is 4.98 Å². The molecular weight excluding hydrogens is 224 g/mol. The van der Waals surface area contributed by atoms with Gasteiger partial charge in [-0.1, -0.05) is 20.8 Å². The predicted molar refractivity (Wildman–Crippen MR) is 73.1 cm³/mol. The maximum atomic E-state index is 5.65. The lowest BCUT2D eigenvalue weighted by Crippen LogP contribution is -2.46. The smallest absolute Gasteiger partial charge is 0.221 e.